The molecule has 0 saturated carbocycles. The fourth-order valence-electron chi connectivity index (χ4n) is 7.75. The molecule has 54 heavy (non-hydrogen) atoms. The highest BCUT2D eigenvalue weighted by molar-refractivity contribution is 6.19. The lowest BCUT2D eigenvalue weighted by Gasteiger charge is -2.26. The first-order valence-electron chi connectivity index (χ1n) is 18.4. The molecule has 2 nitrogen and oxygen atoms in total. The zero-order valence-corrected chi connectivity index (χ0v) is 29.6. The average molecular weight is 690 g/mol. The number of fused-ring (bicyclic) bond motifs is 5. The Morgan fingerprint density at radius 2 is 0.685 bits per heavy atom. The molecule has 0 saturated heterocycles. The van der Waals surface area contributed by atoms with Crippen molar-refractivity contribution in [1.29, 1.82) is 0 Å². The number of hydrogen-bond acceptors (Lipinski definition) is 2. The lowest BCUT2D eigenvalue weighted by Crippen LogP contribution is -2.09. The summed E-state index contributed by atoms with van der Waals surface area (Å²) in [5.74, 6) is 0. The molecule has 9 aromatic carbocycles. The van der Waals surface area contributed by atoms with Gasteiger partial charge in [0.25, 0.3) is 0 Å². The molecular formula is C52H35NO. The summed E-state index contributed by atoms with van der Waals surface area (Å²) in [6.07, 6.45) is 0. The predicted molar refractivity (Wildman–Crippen MR) is 228 cm³/mol. The maximum atomic E-state index is 6.67. The maximum Gasteiger partial charge on any atom is 0.143 e. The molecule has 0 atom stereocenters. The summed E-state index contributed by atoms with van der Waals surface area (Å²) in [5, 5.41) is 4.58. The van der Waals surface area contributed by atoms with E-state index >= 15 is 0 Å². The molecule has 0 fully saturated rings. The van der Waals surface area contributed by atoms with Crippen molar-refractivity contribution in [1.82, 2.24) is 0 Å². The van der Waals surface area contributed by atoms with E-state index in [4.69, 9.17) is 4.42 Å². The molecule has 0 amide bonds. The molecule has 0 spiro atoms. The van der Waals surface area contributed by atoms with Gasteiger partial charge < -0.3 is 9.32 Å². The van der Waals surface area contributed by atoms with E-state index in [9.17, 15) is 0 Å². The van der Waals surface area contributed by atoms with Gasteiger partial charge in [0.05, 0.1) is 0 Å². The van der Waals surface area contributed by atoms with Gasteiger partial charge in [0, 0.05) is 33.2 Å². The van der Waals surface area contributed by atoms with Crippen LogP contribution in [0.4, 0.5) is 17.1 Å². The second-order valence-electron chi connectivity index (χ2n) is 13.7. The van der Waals surface area contributed by atoms with Crippen LogP contribution < -0.4 is 4.90 Å². The van der Waals surface area contributed by atoms with Crippen LogP contribution in [0.5, 0.6) is 0 Å². The highest BCUT2D eigenvalue weighted by Crippen LogP contribution is 2.42. The van der Waals surface area contributed by atoms with Crippen LogP contribution in [0.15, 0.2) is 217 Å². The number of anilines is 3. The standard InChI is InChI=1S/C52H35NO/c1-4-12-36(13-5-1)38-20-27-43(28-21-38)53(44-29-22-39(23-30-44)37-14-6-2-7-15-37)45-31-24-40(25-32-45)42-26-33-47-50-35-49(41-16-8-3-9-17-41)46-18-10-11-19-48(46)52(50)54-51(47)34-42/h1-35H. The summed E-state index contributed by atoms with van der Waals surface area (Å²) in [7, 11) is 0. The third-order valence-corrected chi connectivity index (χ3v) is 10.5. The van der Waals surface area contributed by atoms with Crippen molar-refractivity contribution < 1.29 is 4.42 Å². The molecule has 254 valence electrons. The molecule has 0 N–H and O–H groups in total. The SMILES string of the molecule is c1ccc(-c2ccc(N(c3ccc(-c4ccccc4)cc3)c3ccc(-c4ccc5c(c4)oc4c6ccccc6c(-c6ccccc6)cc54)cc3)cc2)cc1. The van der Waals surface area contributed by atoms with E-state index in [1.807, 2.05) is 0 Å². The van der Waals surface area contributed by atoms with Gasteiger partial charge in [0.15, 0.2) is 0 Å². The smallest absolute Gasteiger partial charge is 0.143 e. The predicted octanol–water partition coefficient (Wildman–Crippen LogP) is 14.9. The Labute approximate surface area is 314 Å². The molecule has 0 aliphatic carbocycles. The van der Waals surface area contributed by atoms with Crippen LogP contribution in [-0.4, -0.2) is 0 Å². The van der Waals surface area contributed by atoms with Gasteiger partial charge in [-0.3, -0.25) is 0 Å². The topological polar surface area (TPSA) is 16.4 Å². The Morgan fingerprint density at radius 3 is 1.20 bits per heavy atom. The zero-order valence-electron chi connectivity index (χ0n) is 29.6. The molecule has 0 aliphatic heterocycles. The molecule has 0 unspecified atom stereocenters. The van der Waals surface area contributed by atoms with E-state index in [-0.39, 0.29) is 0 Å². The van der Waals surface area contributed by atoms with Crippen LogP contribution in [0.2, 0.25) is 0 Å². The van der Waals surface area contributed by atoms with Crippen molar-refractivity contribution in [3.63, 3.8) is 0 Å². The van der Waals surface area contributed by atoms with E-state index < -0.39 is 0 Å². The lowest BCUT2D eigenvalue weighted by atomic mass is 9.95. The van der Waals surface area contributed by atoms with Gasteiger partial charge in [-0.1, -0.05) is 158 Å². The first-order chi connectivity index (χ1) is 26.8. The van der Waals surface area contributed by atoms with Gasteiger partial charge in [-0.15, -0.1) is 0 Å². The van der Waals surface area contributed by atoms with Gasteiger partial charge in [0.2, 0.25) is 0 Å². The summed E-state index contributed by atoms with van der Waals surface area (Å²) >= 11 is 0. The zero-order chi connectivity index (χ0) is 35.8. The Kier molecular flexibility index (Phi) is 7.85. The maximum absolute atomic E-state index is 6.67. The molecule has 2 heteroatoms. The summed E-state index contributed by atoms with van der Waals surface area (Å²) in [5.41, 5.74) is 14.6. The van der Waals surface area contributed by atoms with Crippen molar-refractivity contribution in [3.05, 3.63) is 212 Å². The Morgan fingerprint density at radius 1 is 0.278 bits per heavy atom. The molecule has 0 radical (unpaired) electrons. The average Bonchev–Trinajstić information content (AvgIpc) is 3.63. The molecule has 0 aliphatic rings. The van der Waals surface area contributed by atoms with E-state index in [1.54, 1.807) is 0 Å². The van der Waals surface area contributed by atoms with Crippen molar-refractivity contribution in [3.8, 4) is 44.5 Å². The molecule has 0 bridgehead atoms. The minimum Gasteiger partial charge on any atom is -0.455 e. The number of benzene rings is 9. The van der Waals surface area contributed by atoms with Crippen molar-refractivity contribution in [2.24, 2.45) is 0 Å². The van der Waals surface area contributed by atoms with E-state index in [1.165, 1.54) is 38.8 Å². The number of furan rings is 1. The van der Waals surface area contributed by atoms with E-state index in [0.29, 0.717) is 0 Å². The fraction of sp³-hybridized carbons (Fsp3) is 0. The fourth-order valence-corrected chi connectivity index (χ4v) is 7.75. The Hall–Kier alpha value is -7.16. The van der Waals surface area contributed by atoms with Crippen LogP contribution >= 0.6 is 0 Å². The summed E-state index contributed by atoms with van der Waals surface area (Å²) < 4.78 is 6.67. The minimum atomic E-state index is 0.889. The number of rotatable bonds is 7. The lowest BCUT2D eigenvalue weighted by molar-refractivity contribution is 0.673. The molecular weight excluding hydrogens is 655 g/mol. The van der Waals surface area contributed by atoms with Gasteiger partial charge in [-0.25, -0.2) is 0 Å². The van der Waals surface area contributed by atoms with Gasteiger partial charge in [0.1, 0.15) is 11.2 Å². The van der Waals surface area contributed by atoms with Crippen LogP contribution in [-0.2, 0) is 0 Å². The molecule has 1 heterocycles. The van der Waals surface area contributed by atoms with Gasteiger partial charge >= 0.3 is 0 Å². The first-order valence-corrected chi connectivity index (χ1v) is 18.4. The van der Waals surface area contributed by atoms with Crippen molar-refractivity contribution in [2.75, 3.05) is 4.90 Å². The molecule has 10 rings (SSSR count). The Balaban J connectivity index is 1.03. The number of hydrogen-bond donors (Lipinski definition) is 0. The first kappa shape index (κ1) is 31.6. The van der Waals surface area contributed by atoms with Crippen LogP contribution in [0.1, 0.15) is 0 Å². The number of nitrogens with zero attached hydrogens (tertiary/aromatic N) is 1. The quantitative estimate of drug-likeness (QED) is 0.166. The third-order valence-electron chi connectivity index (χ3n) is 10.5. The van der Waals surface area contributed by atoms with Crippen molar-refractivity contribution >= 4 is 49.8 Å². The third kappa shape index (κ3) is 5.71. The normalized spacial score (nSPS) is 11.3. The van der Waals surface area contributed by atoms with E-state index in [0.717, 1.165) is 55.5 Å². The van der Waals surface area contributed by atoms with Gasteiger partial charge in [-0.05, 0) is 104 Å². The summed E-state index contributed by atoms with van der Waals surface area (Å²) in [6.45, 7) is 0. The Bertz CT molecular complexity index is 2790. The second kappa shape index (κ2) is 13.4. The summed E-state index contributed by atoms with van der Waals surface area (Å²) in [6, 6.07) is 75.7. The monoisotopic (exact) mass is 689 g/mol. The van der Waals surface area contributed by atoms with Crippen molar-refractivity contribution in [2.45, 2.75) is 0 Å². The molecule has 10 aromatic rings. The second-order valence-corrected chi connectivity index (χ2v) is 13.7. The highest BCUT2D eigenvalue weighted by Gasteiger charge is 2.17. The van der Waals surface area contributed by atoms with E-state index in [2.05, 4.69) is 217 Å². The van der Waals surface area contributed by atoms with Gasteiger partial charge in [-0.2, -0.15) is 0 Å². The summed E-state index contributed by atoms with van der Waals surface area (Å²) in [4.78, 5) is 2.32. The molecule has 1 aromatic heterocycles. The van der Waals surface area contributed by atoms with Crippen LogP contribution in [0.25, 0.3) is 77.2 Å². The van der Waals surface area contributed by atoms with Crippen LogP contribution in [0, 0.1) is 0 Å². The largest absolute Gasteiger partial charge is 0.455 e. The highest BCUT2D eigenvalue weighted by atomic mass is 16.3. The minimum absolute atomic E-state index is 0.889. The van der Waals surface area contributed by atoms with Crippen LogP contribution in [0.3, 0.4) is 0 Å².